The zero-order valence-corrected chi connectivity index (χ0v) is 8.87. The summed E-state index contributed by atoms with van der Waals surface area (Å²) in [5.74, 6) is 1.17. The molecule has 0 amide bonds. The van der Waals surface area contributed by atoms with E-state index < -0.39 is 5.41 Å². The molecule has 1 aromatic rings. The second-order valence-corrected chi connectivity index (χ2v) is 3.91. The van der Waals surface area contributed by atoms with Gasteiger partial charge in [0.25, 0.3) is 0 Å². The van der Waals surface area contributed by atoms with Gasteiger partial charge in [-0.15, -0.1) is 0 Å². The Hall–Kier alpha value is -0.940. The van der Waals surface area contributed by atoms with Crippen LogP contribution in [-0.4, -0.2) is 35.4 Å². The van der Waals surface area contributed by atoms with Crippen molar-refractivity contribution in [2.75, 3.05) is 20.2 Å². The van der Waals surface area contributed by atoms with E-state index in [-0.39, 0.29) is 6.61 Å². The number of hydrogen-bond acceptors (Lipinski definition) is 5. The van der Waals surface area contributed by atoms with Gasteiger partial charge < -0.3 is 14.9 Å². The lowest BCUT2D eigenvalue weighted by atomic mass is 9.95. The van der Waals surface area contributed by atoms with E-state index in [1.54, 1.807) is 0 Å². The van der Waals surface area contributed by atoms with E-state index in [1.165, 1.54) is 0 Å². The van der Waals surface area contributed by atoms with E-state index in [1.807, 2.05) is 20.9 Å². The van der Waals surface area contributed by atoms with Crippen molar-refractivity contribution in [1.82, 2.24) is 15.5 Å². The fraction of sp³-hybridized carbons (Fsp3) is 0.778. The van der Waals surface area contributed by atoms with Gasteiger partial charge >= 0.3 is 0 Å². The minimum absolute atomic E-state index is 0.000656. The van der Waals surface area contributed by atoms with Crippen LogP contribution in [0.25, 0.3) is 0 Å². The van der Waals surface area contributed by atoms with Crippen molar-refractivity contribution in [3.8, 4) is 0 Å². The minimum Gasteiger partial charge on any atom is -0.395 e. The van der Waals surface area contributed by atoms with Gasteiger partial charge in [0.2, 0.25) is 5.89 Å². The average Bonchev–Trinajstić information content (AvgIpc) is 2.63. The number of nitrogens with zero attached hydrogens (tertiary/aromatic N) is 2. The van der Waals surface area contributed by atoms with Gasteiger partial charge in [0.05, 0.1) is 12.0 Å². The van der Waals surface area contributed by atoms with Crippen molar-refractivity contribution in [1.29, 1.82) is 0 Å². The number of aliphatic hydroxyl groups is 1. The van der Waals surface area contributed by atoms with Crippen LogP contribution in [0.15, 0.2) is 4.52 Å². The highest BCUT2D eigenvalue weighted by Crippen LogP contribution is 2.19. The van der Waals surface area contributed by atoms with Gasteiger partial charge in [-0.25, -0.2) is 0 Å². The predicted molar refractivity (Wildman–Crippen MR) is 52.0 cm³/mol. The maximum Gasteiger partial charge on any atom is 0.234 e. The normalized spacial score (nSPS) is 12.0. The van der Waals surface area contributed by atoms with Crippen LogP contribution in [0.2, 0.25) is 0 Å². The maximum absolute atomic E-state index is 9.09. The molecule has 0 spiro atoms. The molecule has 0 atom stereocenters. The fourth-order valence-corrected chi connectivity index (χ4v) is 0.935. The van der Waals surface area contributed by atoms with Crippen LogP contribution in [0.5, 0.6) is 0 Å². The topological polar surface area (TPSA) is 71.2 Å². The van der Waals surface area contributed by atoms with E-state index >= 15 is 0 Å². The molecule has 0 aromatic carbocycles. The number of likely N-dealkylation sites (N-methyl/N-ethyl adjacent to an activating group) is 1. The Morgan fingerprint density at radius 2 is 2.21 bits per heavy atom. The van der Waals surface area contributed by atoms with Crippen LogP contribution < -0.4 is 5.32 Å². The minimum atomic E-state index is -0.453. The number of nitrogens with one attached hydrogen (secondary N) is 1. The van der Waals surface area contributed by atoms with Crippen LogP contribution in [0.1, 0.15) is 25.6 Å². The quantitative estimate of drug-likeness (QED) is 0.704. The number of aliphatic hydroxyl groups excluding tert-OH is 1. The Labute approximate surface area is 83.5 Å². The first-order chi connectivity index (χ1) is 6.60. The molecule has 5 heteroatoms. The number of aromatic nitrogens is 2. The van der Waals surface area contributed by atoms with Gasteiger partial charge in [0.15, 0.2) is 5.82 Å². The van der Waals surface area contributed by atoms with Crippen molar-refractivity contribution >= 4 is 0 Å². The van der Waals surface area contributed by atoms with Crippen molar-refractivity contribution < 1.29 is 9.63 Å². The predicted octanol–water partition coefficient (Wildman–Crippen LogP) is 0.101. The lowest BCUT2D eigenvalue weighted by Crippen LogP contribution is -2.22. The standard InChI is InChI=1S/C9H17N3O2/c1-9(2,6-13)8-11-7(12-14-8)4-5-10-3/h10,13H,4-6H2,1-3H3. The van der Waals surface area contributed by atoms with E-state index in [0.717, 1.165) is 13.0 Å². The molecule has 0 aliphatic carbocycles. The van der Waals surface area contributed by atoms with Crippen molar-refractivity contribution in [2.45, 2.75) is 25.7 Å². The Morgan fingerprint density at radius 1 is 1.50 bits per heavy atom. The summed E-state index contributed by atoms with van der Waals surface area (Å²) in [7, 11) is 1.87. The Morgan fingerprint density at radius 3 is 2.79 bits per heavy atom. The summed E-state index contributed by atoms with van der Waals surface area (Å²) in [6.07, 6.45) is 0.738. The number of rotatable bonds is 5. The second kappa shape index (κ2) is 4.52. The van der Waals surface area contributed by atoms with Crippen LogP contribution >= 0.6 is 0 Å². The summed E-state index contributed by atoms with van der Waals surface area (Å²) in [5, 5.41) is 15.9. The summed E-state index contributed by atoms with van der Waals surface area (Å²) in [6, 6.07) is 0. The molecule has 0 fully saturated rings. The molecule has 0 bridgehead atoms. The van der Waals surface area contributed by atoms with Crippen LogP contribution in [0.4, 0.5) is 0 Å². The monoisotopic (exact) mass is 199 g/mol. The van der Waals surface area contributed by atoms with Crippen LogP contribution in [0.3, 0.4) is 0 Å². The molecule has 80 valence electrons. The molecule has 14 heavy (non-hydrogen) atoms. The van der Waals surface area contributed by atoms with Crippen LogP contribution in [0, 0.1) is 0 Å². The fourth-order valence-electron chi connectivity index (χ4n) is 0.935. The Bertz CT molecular complexity index is 283. The molecule has 0 aliphatic rings. The first kappa shape index (κ1) is 11.1. The van der Waals surface area contributed by atoms with E-state index in [9.17, 15) is 0 Å². The molecule has 0 radical (unpaired) electrons. The molecule has 1 aromatic heterocycles. The summed E-state index contributed by atoms with van der Waals surface area (Å²) in [6.45, 7) is 4.55. The molecule has 0 aliphatic heterocycles. The molecule has 2 N–H and O–H groups in total. The molecule has 5 nitrogen and oxygen atoms in total. The van der Waals surface area contributed by atoms with Crippen molar-refractivity contribution in [2.24, 2.45) is 0 Å². The van der Waals surface area contributed by atoms with Gasteiger partial charge in [-0.3, -0.25) is 0 Å². The maximum atomic E-state index is 9.09. The van der Waals surface area contributed by atoms with Gasteiger partial charge in [-0.2, -0.15) is 4.98 Å². The molecular weight excluding hydrogens is 182 g/mol. The van der Waals surface area contributed by atoms with Crippen LogP contribution in [-0.2, 0) is 11.8 Å². The molecule has 0 unspecified atom stereocenters. The van der Waals surface area contributed by atoms with E-state index in [4.69, 9.17) is 9.63 Å². The van der Waals surface area contributed by atoms with Gasteiger partial charge in [0.1, 0.15) is 0 Å². The number of hydrogen-bond donors (Lipinski definition) is 2. The zero-order valence-electron chi connectivity index (χ0n) is 8.87. The van der Waals surface area contributed by atoms with Gasteiger partial charge in [-0.05, 0) is 20.9 Å². The third-order valence-electron chi connectivity index (χ3n) is 2.04. The lowest BCUT2D eigenvalue weighted by Gasteiger charge is -2.14. The Kier molecular flexibility index (Phi) is 3.60. The molecule has 1 heterocycles. The summed E-state index contributed by atoms with van der Waals surface area (Å²) in [5.41, 5.74) is -0.453. The SMILES string of the molecule is CNCCc1noc(C(C)(C)CO)n1. The van der Waals surface area contributed by atoms with Crippen molar-refractivity contribution in [3.63, 3.8) is 0 Å². The third kappa shape index (κ3) is 2.52. The first-order valence-electron chi connectivity index (χ1n) is 4.68. The van der Waals surface area contributed by atoms with Gasteiger partial charge in [-0.1, -0.05) is 5.16 Å². The highest BCUT2D eigenvalue weighted by molar-refractivity contribution is 5.00. The second-order valence-electron chi connectivity index (χ2n) is 3.91. The molecule has 1 rings (SSSR count). The summed E-state index contributed by atoms with van der Waals surface area (Å²) >= 11 is 0. The first-order valence-corrected chi connectivity index (χ1v) is 4.68. The molecular formula is C9H17N3O2. The smallest absolute Gasteiger partial charge is 0.234 e. The largest absolute Gasteiger partial charge is 0.395 e. The highest BCUT2D eigenvalue weighted by Gasteiger charge is 2.26. The average molecular weight is 199 g/mol. The molecule has 0 saturated heterocycles. The lowest BCUT2D eigenvalue weighted by molar-refractivity contribution is 0.182. The van der Waals surface area contributed by atoms with Crippen molar-refractivity contribution in [3.05, 3.63) is 11.7 Å². The zero-order chi connectivity index (χ0) is 10.6. The Balaban J connectivity index is 2.67. The summed E-state index contributed by atoms with van der Waals surface area (Å²) in [4.78, 5) is 4.21. The van der Waals surface area contributed by atoms with Gasteiger partial charge in [0, 0.05) is 13.0 Å². The van der Waals surface area contributed by atoms with E-state index in [0.29, 0.717) is 11.7 Å². The molecule has 0 saturated carbocycles. The summed E-state index contributed by atoms with van der Waals surface area (Å²) < 4.78 is 5.07. The third-order valence-corrected chi connectivity index (χ3v) is 2.04. The highest BCUT2D eigenvalue weighted by atomic mass is 16.5. The van der Waals surface area contributed by atoms with E-state index in [2.05, 4.69) is 15.5 Å².